The molecule has 0 spiro atoms. The van der Waals surface area contributed by atoms with E-state index in [1.54, 1.807) is 19.9 Å². The van der Waals surface area contributed by atoms with Crippen LogP contribution in [0.4, 0.5) is 19.0 Å². The van der Waals surface area contributed by atoms with Gasteiger partial charge in [0.25, 0.3) is 0 Å². The lowest BCUT2D eigenvalue weighted by Gasteiger charge is -2.29. The van der Waals surface area contributed by atoms with Crippen molar-refractivity contribution in [1.29, 1.82) is 0 Å². The Kier molecular flexibility index (Phi) is 4.93. The minimum atomic E-state index is -4.94. The van der Waals surface area contributed by atoms with Crippen molar-refractivity contribution in [1.82, 2.24) is 19.5 Å². The Morgan fingerprint density at radius 1 is 1.40 bits per heavy atom. The first kappa shape index (κ1) is 19.0. The molecule has 0 unspecified atom stereocenters. The summed E-state index contributed by atoms with van der Waals surface area (Å²) in [6.07, 6.45) is -3.87. The van der Waals surface area contributed by atoms with Crippen molar-refractivity contribution in [2.24, 2.45) is 0 Å². The van der Waals surface area contributed by atoms with E-state index in [1.807, 2.05) is 0 Å². The molecule has 8 nitrogen and oxygen atoms in total. The number of nitro groups is 1. The quantitative estimate of drug-likeness (QED) is 0.452. The van der Waals surface area contributed by atoms with Crippen molar-refractivity contribution in [2.75, 3.05) is 13.6 Å². The van der Waals surface area contributed by atoms with Gasteiger partial charge >= 0.3 is 17.9 Å². The van der Waals surface area contributed by atoms with E-state index in [-0.39, 0.29) is 18.0 Å². The standard InChI is InChI=1S/C13H14F3N5O3S/c1-12(2,7-19(3)11(22)13(14,15)16)25-9-5-4-8-17-6-10(21(23)24)20(8)18-9/h4-6H,7H2,1-3H3. The number of thioether (sulfide) groups is 1. The molecule has 0 fully saturated rings. The molecule has 2 heterocycles. The second kappa shape index (κ2) is 6.50. The summed E-state index contributed by atoms with van der Waals surface area (Å²) in [6, 6.07) is 3.08. The first-order chi connectivity index (χ1) is 11.4. The number of aromatic nitrogens is 3. The molecule has 0 aliphatic carbocycles. The SMILES string of the molecule is CN(CC(C)(C)Sc1ccc2ncc([N+](=O)[O-])n2n1)C(=O)C(F)(F)F. The van der Waals surface area contributed by atoms with Crippen LogP contribution in [0.15, 0.2) is 23.4 Å². The molecule has 25 heavy (non-hydrogen) atoms. The van der Waals surface area contributed by atoms with E-state index >= 15 is 0 Å². The molecule has 2 aromatic rings. The summed E-state index contributed by atoms with van der Waals surface area (Å²) in [5.41, 5.74) is 0.276. The van der Waals surface area contributed by atoms with E-state index < -0.39 is 21.8 Å². The molecule has 2 aromatic heterocycles. The van der Waals surface area contributed by atoms with Gasteiger partial charge in [0.15, 0.2) is 0 Å². The number of rotatable bonds is 5. The Hall–Kier alpha value is -2.37. The van der Waals surface area contributed by atoms with Crippen LogP contribution >= 0.6 is 11.8 Å². The summed E-state index contributed by atoms with van der Waals surface area (Å²) < 4.78 is 37.7. The number of hydrogen-bond acceptors (Lipinski definition) is 6. The molecule has 0 aliphatic rings. The monoisotopic (exact) mass is 377 g/mol. The minimum absolute atomic E-state index is 0.193. The van der Waals surface area contributed by atoms with Crippen molar-refractivity contribution >= 4 is 29.1 Å². The number of halogens is 3. The van der Waals surface area contributed by atoms with Gasteiger partial charge in [-0.1, -0.05) is 21.4 Å². The van der Waals surface area contributed by atoms with E-state index in [9.17, 15) is 28.1 Å². The fourth-order valence-electron chi connectivity index (χ4n) is 2.20. The molecule has 2 rings (SSSR count). The van der Waals surface area contributed by atoms with Gasteiger partial charge in [-0.2, -0.15) is 13.2 Å². The number of imidazole rings is 1. The minimum Gasteiger partial charge on any atom is -0.358 e. The molecular weight excluding hydrogens is 363 g/mol. The third-order valence-corrected chi connectivity index (χ3v) is 4.20. The highest BCUT2D eigenvalue weighted by Crippen LogP contribution is 2.33. The van der Waals surface area contributed by atoms with Crippen LogP contribution < -0.4 is 0 Å². The van der Waals surface area contributed by atoms with Crippen LogP contribution in [0.2, 0.25) is 0 Å². The first-order valence-corrected chi connectivity index (χ1v) is 7.73. The number of carbonyl (C=O) groups is 1. The zero-order valence-electron chi connectivity index (χ0n) is 13.4. The third kappa shape index (κ3) is 4.38. The predicted molar refractivity (Wildman–Crippen MR) is 83.3 cm³/mol. The lowest BCUT2D eigenvalue weighted by Crippen LogP contribution is -2.44. The molecule has 0 saturated heterocycles. The summed E-state index contributed by atoms with van der Waals surface area (Å²) >= 11 is 1.10. The van der Waals surface area contributed by atoms with Gasteiger partial charge in [-0.25, -0.2) is 4.98 Å². The molecule has 12 heteroatoms. The van der Waals surface area contributed by atoms with E-state index in [4.69, 9.17) is 0 Å². The predicted octanol–water partition coefficient (Wildman–Crippen LogP) is 2.53. The largest absolute Gasteiger partial charge is 0.471 e. The lowest BCUT2D eigenvalue weighted by molar-refractivity contribution is -0.391. The van der Waals surface area contributed by atoms with Gasteiger partial charge in [-0.15, -0.1) is 0 Å². The summed E-state index contributed by atoms with van der Waals surface area (Å²) in [6.45, 7) is 3.10. The molecule has 0 bridgehead atoms. The van der Waals surface area contributed by atoms with Crippen LogP contribution in [0.3, 0.4) is 0 Å². The van der Waals surface area contributed by atoms with Gasteiger partial charge < -0.3 is 15.0 Å². The number of alkyl halides is 3. The van der Waals surface area contributed by atoms with Gasteiger partial charge in [0.2, 0.25) is 5.65 Å². The maximum absolute atomic E-state index is 12.5. The van der Waals surface area contributed by atoms with Crippen molar-refractivity contribution in [2.45, 2.75) is 29.8 Å². The molecule has 136 valence electrons. The average Bonchev–Trinajstić information content (AvgIpc) is 2.87. The highest BCUT2D eigenvalue weighted by molar-refractivity contribution is 8.00. The average molecular weight is 377 g/mol. The number of carbonyl (C=O) groups excluding carboxylic acids is 1. The molecule has 1 amide bonds. The molecule has 0 aliphatic heterocycles. The Morgan fingerprint density at radius 3 is 2.60 bits per heavy atom. The number of fused-ring (bicyclic) bond motifs is 1. The molecule has 0 radical (unpaired) electrons. The van der Waals surface area contributed by atoms with E-state index in [0.29, 0.717) is 9.93 Å². The lowest BCUT2D eigenvalue weighted by atomic mass is 10.2. The summed E-state index contributed by atoms with van der Waals surface area (Å²) in [5, 5.41) is 15.4. The molecule has 0 N–H and O–H groups in total. The smallest absolute Gasteiger partial charge is 0.358 e. The molecular formula is C13H14F3N5O3S. The van der Waals surface area contributed by atoms with Gasteiger partial charge in [0.1, 0.15) is 11.2 Å². The highest BCUT2D eigenvalue weighted by Gasteiger charge is 2.42. The van der Waals surface area contributed by atoms with Crippen LogP contribution in [0, 0.1) is 10.1 Å². The highest BCUT2D eigenvalue weighted by atomic mass is 32.2. The van der Waals surface area contributed by atoms with Crippen LogP contribution in [0.25, 0.3) is 5.65 Å². The van der Waals surface area contributed by atoms with E-state index in [0.717, 1.165) is 29.5 Å². The number of amides is 1. The van der Waals surface area contributed by atoms with Crippen LogP contribution in [-0.4, -0.2) is 54.8 Å². The first-order valence-electron chi connectivity index (χ1n) is 6.91. The zero-order valence-corrected chi connectivity index (χ0v) is 14.3. The van der Waals surface area contributed by atoms with Crippen molar-refractivity contribution < 1.29 is 22.9 Å². The fourth-order valence-corrected chi connectivity index (χ4v) is 3.28. The van der Waals surface area contributed by atoms with Crippen LogP contribution in [0.1, 0.15) is 13.8 Å². The van der Waals surface area contributed by atoms with Gasteiger partial charge in [0, 0.05) is 24.4 Å². The van der Waals surface area contributed by atoms with Crippen LogP contribution in [-0.2, 0) is 4.79 Å². The Balaban J connectivity index is 2.19. The van der Waals surface area contributed by atoms with Gasteiger partial charge in [-0.05, 0) is 24.8 Å². The van der Waals surface area contributed by atoms with Crippen molar-refractivity contribution in [3.63, 3.8) is 0 Å². The Bertz CT molecular complexity index is 821. The van der Waals surface area contributed by atoms with Crippen molar-refractivity contribution in [3.8, 4) is 0 Å². The topological polar surface area (TPSA) is 93.6 Å². The van der Waals surface area contributed by atoms with E-state index in [1.165, 1.54) is 6.07 Å². The summed E-state index contributed by atoms with van der Waals surface area (Å²) in [4.78, 5) is 26.0. The third-order valence-electron chi connectivity index (χ3n) is 3.09. The molecule has 0 saturated carbocycles. The Labute approximate surface area is 144 Å². The number of nitrogens with zero attached hydrogens (tertiary/aromatic N) is 5. The maximum atomic E-state index is 12.5. The van der Waals surface area contributed by atoms with Crippen LogP contribution in [0.5, 0.6) is 0 Å². The van der Waals surface area contributed by atoms with E-state index in [2.05, 4.69) is 10.1 Å². The second-order valence-electron chi connectivity index (χ2n) is 5.84. The summed E-state index contributed by atoms with van der Waals surface area (Å²) in [7, 11) is 1.06. The summed E-state index contributed by atoms with van der Waals surface area (Å²) in [5.74, 6) is -2.26. The normalized spacial score (nSPS) is 12.4. The van der Waals surface area contributed by atoms with Gasteiger partial charge in [-0.3, -0.25) is 4.79 Å². The molecule has 0 aromatic carbocycles. The maximum Gasteiger partial charge on any atom is 0.471 e. The van der Waals surface area contributed by atoms with Gasteiger partial charge in [0.05, 0.1) is 0 Å². The zero-order chi connectivity index (χ0) is 19.0. The fraction of sp³-hybridized carbons (Fsp3) is 0.462. The molecule has 0 atom stereocenters. The second-order valence-corrected chi connectivity index (χ2v) is 7.56. The van der Waals surface area contributed by atoms with Crippen molar-refractivity contribution in [3.05, 3.63) is 28.4 Å². The number of hydrogen-bond donors (Lipinski definition) is 0. The Morgan fingerprint density at radius 2 is 2.04 bits per heavy atom.